The number of hydrogen-bond donors (Lipinski definition) is 2. The highest BCUT2D eigenvalue weighted by molar-refractivity contribution is 5.81. The number of aryl methyl sites for hydroxylation is 2. The molecular weight excluding hydrogens is 364 g/mol. The Kier molecular flexibility index (Phi) is 6.77. The number of carbonyl (C=O) groups is 1. The zero-order chi connectivity index (χ0) is 20.8. The molecule has 1 aliphatic rings. The van der Waals surface area contributed by atoms with Crippen molar-refractivity contribution in [3.63, 3.8) is 0 Å². The molecule has 0 spiro atoms. The third-order valence-corrected chi connectivity index (χ3v) is 5.23. The summed E-state index contributed by atoms with van der Waals surface area (Å²) in [5, 5.41) is 22.1. The molecule has 0 saturated heterocycles. The van der Waals surface area contributed by atoms with Gasteiger partial charge in [-0.1, -0.05) is 26.3 Å². The molecule has 0 bridgehead atoms. The molecule has 5 nitrogen and oxygen atoms in total. The van der Waals surface area contributed by atoms with E-state index < -0.39 is 12.0 Å². The van der Waals surface area contributed by atoms with E-state index in [1.165, 1.54) is 12.8 Å². The molecule has 29 heavy (non-hydrogen) atoms. The molecule has 1 atom stereocenters. The minimum atomic E-state index is -0.957. The highest BCUT2D eigenvalue weighted by atomic mass is 16.5. The quantitative estimate of drug-likeness (QED) is 0.588. The van der Waals surface area contributed by atoms with Crippen molar-refractivity contribution >= 4 is 11.7 Å². The maximum absolute atomic E-state index is 12.2. The molecule has 2 aromatic carbocycles. The molecule has 0 amide bonds. The summed E-state index contributed by atoms with van der Waals surface area (Å²) in [4.78, 5) is 12.2. The monoisotopic (exact) mass is 392 g/mol. The van der Waals surface area contributed by atoms with Gasteiger partial charge in [-0.2, -0.15) is 5.26 Å². The SMILES string of the molecule is CCCc1cc(CC)cc(C(Nc2ccc(C#N)cc2)C(=O)O)c1OCC1CC1. The molecule has 0 heterocycles. The molecule has 2 N–H and O–H groups in total. The largest absolute Gasteiger partial charge is 0.493 e. The number of anilines is 1. The van der Waals surface area contributed by atoms with Gasteiger partial charge in [0.15, 0.2) is 6.04 Å². The third-order valence-electron chi connectivity index (χ3n) is 5.23. The Morgan fingerprint density at radius 2 is 2.00 bits per heavy atom. The summed E-state index contributed by atoms with van der Waals surface area (Å²) in [5.74, 6) is 0.337. The zero-order valence-corrected chi connectivity index (χ0v) is 17.1. The first-order chi connectivity index (χ1) is 14.0. The first-order valence-corrected chi connectivity index (χ1v) is 10.3. The standard InChI is InChI=1S/C24H28N2O3/c1-3-5-19-12-16(4-2)13-21(23(19)29-15-18-6-7-18)22(24(27)28)26-20-10-8-17(14-25)9-11-20/h8-13,18,22,26H,3-7,15H2,1-2H3,(H,27,28). The van der Waals surface area contributed by atoms with Crippen LogP contribution in [-0.4, -0.2) is 17.7 Å². The van der Waals surface area contributed by atoms with Gasteiger partial charge in [-0.15, -0.1) is 0 Å². The van der Waals surface area contributed by atoms with E-state index in [1.807, 2.05) is 6.07 Å². The Hall–Kier alpha value is -3.00. The summed E-state index contributed by atoms with van der Waals surface area (Å²) in [7, 11) is 0. The lowest BCUT2D eigenvalue weighted by molar-refractivity contribution is -0.138. The Morgan fingerprint density at radius 1 is 1.28 bits per heavy atom. The summed E-state index contributed by atoms with van der Waals surface area (Å²) in [6.07, 6.45) is 5.00. The third kappa shape index (κ3) is 5.29. The Morgan fingerprint density at radius 3 is 2.55 bits per heavy atom. The number of nitriles is 1. The van der Waals surface area contributed by atoms with Gasteiger partial charge < -0.3 is 15.2 Å². The van der Waals surface area contributed by atoms with Gasteiger partial charge in [-0.05, 0) is 73.1 Å². The Balaban J connectivity index is 2.00. The van der Waals surface area contributed by atoms with Gasteiger partial charge >= 0.3 is 5.97 Å². The van der Waals surface area contributed by atoms with Crippen molar-refractivity contribution in [1.82, 2.24) is 0 Å². The van der Waals surface area contributed by atoms with E-state index in [0.717, 1.165) is 30.4 Å². The van der Waals surface area contributed by atoms with Crippen molar-refractivity contribution in [3.05, 3.63) is 58.7 Å². The maximum atomic E-state index is 12.2. The fourth-order valence-electron chi connectivity index (χ4n) is 3.40. The number of benzene rings is 2. The molecule has 1 unspecified atom stereocenters. The average molecular weight is 392 g/mol. The highest BCUT2D eigenvalue weighted by Crippen LogP contribution is 2.37. The topological polar surface area (TPSA) is 82.4 Å². The van der Waals surface area contributed by atoms with Gasteiger partial charge in [0.25, 0.3) is 0 Å². The van der Waals surface area contributed by atoms with Crippen molar-refractivity contribution < 1.29 is 14.6 Å². The van der Waals surface area contributed by atoms with E-state index in [-0.39, 0.29) is 0 Å². The van der Waals surface area contributed by atoms with Crippen LogP contribution in [0.5, 0.6) is 5.75 Å². The number of rotatable bonds is 10. The van der Waals surface area contributed by atoms with E-state index in [0.29, 0.717) is 35.1 Å². The van der Waals surface area contributed by atoms with E-state index in [1.54, 1.807) is 24.3 Å². The summed E-state index contributed by atoms with van der Waals surface area (Å²) in [6, 6.07) is 12.1. The molecule has 3 rings (SSSR count). The number of carboxylic acids is 1. The fraction of sp³-hybridized carbons (Fsp3) is 0.417. The maximum Gasteiger partial charge on any atom is 0.330 e. The van der Waals surface area contributed by atoms with Crippen molar-refractivity contribution in [2.75, 3.05) is 11.9 Å². The second-order valence-electron chi connectivity index (χ2n) is 7.64. The van der Waals surface area contributed by atoms with E-state index in [4.69, 9.17) is 10.00 Å². The van der Waals surface area contributed by atoms with Crippen LogP contribution in [0.3, 0.4) is 0 Å². The van der Waals surface area contributed by atoms with Crippen molar-refractivity contribution in [3.8, 4) is 11.8 Å². The minimum Gasteiger partial charge on any atom is -0.493 e. The molecule has 152 valence electrons. The highest BCUT2D eigenvalue weighted by Gasteiger charge is 2.28. The second-order valence-corrected chi connectivity index (χ2v) is 7.64. The van der Waals surface area contributed by atoms with Crippen LogP contribution in [0.1, 0.15) is 61.4 Å². The summed E-state index contributed by atoms with van der Waals surface area (Å²) >= 11 is 0. The van der Waals surface area contributed by atoms with Crippen LogP contribution in [0, 0.1) is 17.2 Å². The number of nitrogens with one attached hydrogen (secondary N) is 1. The van der Waals surface area contributed by atoms with Crippen molar-refractivity contribution in [1.29, 1.82) is 5.26 Å². The molecular formula is C24H28N2O3. The number of aliphatic carboxylic acids is 1. The molecule has 0 radical (unpaired) electrons. The molecule has 1 saturated carbocycles. The number of ether oxygens (including phenoxy) is 1. The van der Waals surface area contributed by atoms with Crippen LogP contribution in [0.2, 0.25) is 0 Å². The van der Waals surface area contributed by atoms with Crippen LogP contribution < -0.4 is 10.1 Å². The van der Waals surface area contributed by atoms with Crippen molar-refractivity contribution in [2.45, 2.75) is 52.0 Å². The fourth-order valence-corrected chi connectivity index (χ4v) is 3.40. The number of carboxylic acid groups (broad SMARTS) is 1. The molecule has 0 aromatic heterocycles. The molecule has 0 aliphatic heterocycles. The predicted molar refractivity (Wildman–Crippen MR) is 113 cm³/mol. The predicted octanol–water partition coefficient (Wildman–Crippen LogP) is 5.10. The average Bonchev–Trinajstić information content (AvgIpc) is 3.55. The lowest BCUT2D eigenvalue weighted by Gasteiger charge is -2.23. The molecule has 5 heteroatoms. The van der Waals surface area contributed by atoms with Crippen LogP contribution in [0.25, 0.3) is 0 Å². The Bertz CT molecular complexity index is 896. The summed E-state index contributed by atoms with van der Waals surface area (Å²) in [6.45, 7) is 4.83. The van der Waals surface area contributed by atoms with Gasteiger partial charge in [-0.25, -0.2) is 4.79 Å². The zero-order valence-electron chi connectivity index (χ0n) is 17.1. The lowest BCUT2D eigenvalue weighted by Crippen LogP contribution is -2.22. The Labute approximate surface area is 172 Å². The second kappa shape index (κ2) is 9.47. The number of nitrogens with zero attached hydrogens (tertiary/aromatic N) is 1. The van der Waals surface area contributed by atoms with Gasteiger partial charge in [0.2, 0.25) is 0 Å². The van der Waals surface area contributed by atoms with Crippen LogP contribution in [0.15, 0.2) is 36.4 Å². The van der Waals surface area contributed by atoms with Crippen LogP contribution in [-0.2, 0) is 17.6 Å². The van der Waals surface area contributed by atoms with E-state index >= 15 is 0 Å². The van der Waals surface area contributed by atoms with E-state index in [9.17, 15) is 9.90 Å². The lowest BCUT2D eigenvalue weighted by atomic mass is 9.95. The van der Waals surface area contributed by atoms with Gasteiger partial charge in [0.1, 0.15) is 5.75 Å². The molecule has 1 aliphatic carbocycles. The van der Waals surface area contributed by atoms with E-state index in [2.05, 4.69) is 31.3 Å². The van der Waals surface area contributed by atoms with Crippen LogP contribution >= 0.6 is 0 Å². The molecule has 1 fully saturated rings. The van der Waals surface area contributed by atoms with Gasteiger partial charge in [0.05, 0.1) is 18.2 Å². The van der Waals surface area contributed by atoms with Crippen molar-refractivity contribution in [2.24, 2.45) is 5.92 Å². The van der Waals surface area contributed by atoms with Gasteiger partial charge in [0, 0.05) is 11.3 Å². The summed E-state index contributed by atoms with van der Waals surface area (Å²) < 4.78 is 6.20. The molecule has 2 aromatic rings. The number of hydrogen-bond acceptors (Lipinski definition) is 4. The first kappa shape index (κ1) is 20.7. The first-order valence-electron chi connectivity index (χ1n) is 10.3. The van der Waals surface area contributed by atoms with Gasteiger partial charge in [-0.3, -0.25) is 0 Å². The normalized spacial score (nSPS) is 14.1. The minimum absolute atomic E-state index is 0.536. The van der Waals surface area contributed by atoms with Crippen LogP contribution in [0.4, 0.5) is 5.69 Å². The smallest absolute Gasteiger partial charge is 0.330 e. The summed E-state index contributed by atoms with van der Waals surface area (Å²) in [5.41, 5.74) is 4.05.